The van der Waals surface area contributed by atoms with Crippen molar-refractivity contribution in [3.63, 3.8) is 0 Å². The van der Waals surface area contributed by atoms with Gasteiger partial charge in [0.25, 0.3) is 0 Å². The minimum absolute atomic E-state index is 0.0448. The first-order valence-electron chi connectivity index (χ1n) is 5.84. The minimum atomic E-state index is -0.587. The summed E-state index contributed by atoms with van der Waals surface area (Å²) in [5.74, 6) is 0.777. The van der Waals surface area contributed by atoms with Crippen molar-refractivity contribution >= 4 is 23.4 Å². The van der Waals surface area contributed by atoms with Gasteiger partial charge >= 0.3 is 0 Å². The van der Waals surface area contributed by atoms with Crippen LogP contribution in [0.3, 0.4) is 0 Å². The largest absolute Gasteiger partial charge is 0.323 e. The predicted octanol–water partition coefficient (Wildman–Crippen LogP) is 2.90. The van der Waals surface area contributed by atoms with Crippen LogP contribution in [0.25, 0.3) is 0 Å². The van der Waals surface area contributed by atoms with E-state index in [0.717, 1.165) is 16.3 Å². The summed E-state index contributed by atoms with van der Waals surface area (Å²) in [6.45, 7) is 7.40. The fourth-order valence-electron chi connectivity index (χ4n) is 1.24. The lowest BCUT2D eigenvalue weighted by molar-refractivity contribution is -0.121. The van der Waals surface area contributed by atoms with E-state index in [1.54, 1.807) is 18.8 Å². The van der Waals surface area contributed by atoms with Crippen molar-refractivity contribution in [2.24, 2.45) is 0 Å². The Morgan fingerprint density at radius 2 is 2.11 bits per heavy atom. The van der Waals surface area contributed by atoms with Crippen molar-refractivity contribution in [1.29, 1.82) is 0 Å². The van der Waals surface area contributed by atoms with Gasteiger partial charge in [0, 0.05) is 10.6 Å². The van der Waals surface area contributed by atoms with Crippen LogP contribution in [-0.4, -0.2) is 24.2 Å². The van der Waals surface area contributed by atoms with Crippen LogP contribution in [0.1, 0.15) is 13.8 Å². The second-order valence-corrected chi connectivity index (χ2v) is 5.49. The van der Waals surface area contributed by atoms with Gasteiger partial charge in [-0.1, -0.05) is 18.2 Å². The first kappa shape index (κ1) is 14.8. The van der Waals surface area contributed by atoms with Crippen molar-refractivity contribution < 1.29 is 4.79 Å². The molecule has 1 amide bonds. The summed E-state index contributed by atoms with van der Waals surface area (Å²) in [6.07, 6.45) is 1.85. The lowest BCUT2D eigenvalue weighted by Crippen LogP contribution is -2.47. The number of para-hydroxylation sites is 1. The Balaban J connectivity index is 2.84. The number of thioether (sulfide) groups is 1. The van der Waals surface area contributed by atoms with Crippen LogP contribution in [0.5, 0.6) is 0 Å². The number of amides is 1. The molecule has 3 nitrogen and oxygen atoms in total. The molecule has 0 fully saturated rings. The van der Waals surface area contributed by atoms with Crippen LogP contribution in [0.4, 0.5) is 5.69 Å². The van der Waals surface area contributed by atoms with Crippen molar-refractivity contribution in [2.45, 2.75) is 24.3 Å². The molecule has 2 N–H and O–H groups in total. The summed E-state index contributed by atoms with van der Waals surface area (Å²) in [6, 6.07) is 7.79. The second-order valence-electron chi connectivity index (χ2n) is 4.42. The maximum absolute atomic E-state index is 12.1. The normalized spacial score (nSPS) is 11.1. The van der Waals surface area contributed by atoms with Gasteiger partial charge in [0.2, 0.25) is 5.91 Å². The zero-order valence-corrected chi connectivity index (χ0v) is 11.9. The molecule has 1 rings (SSSR count). The maximum Gasteiger partial charge on any atom is 0.244 e. The number of anilines is 1. The summed E-state index contributed by atoms with van der Waals surface area (Å²) < 4.78 is 0. The molecular weight excluding hydrogens is 244 g/mol. The average molecular weight is 264 g/mol. The van der Waals surface area contributed by atoms with E-state index in [0.29, 0.717) is 0 Å². The minimum Gasteiger partial charge on any atom is -0.323 e. The molecule has 0 bridgehead atoms. The molecular formula is C14H20N2OS. The highest BCUT2D eigenvalue weighted by Gasteiger charge is 2.25. The van der Waals surface area contributed by atoms with Crippen LogP contribution >= 0.6 is 11.8 Å². The Labute approximate surface area is 113 Å². The van der Waals surface area contributed by atoms with Crippen molar-refractivity contribution in [1.82, 2.24) is 5.32 Å². The molecule has 0 atom stereocenters. The number of benzene rings is 1. The summed E-state index contributed by atoms with van der Waals surface area (Å²) in [7, 11) is 1.78. The third-order valence-electron chi connectivity index (χ3n) is 2.68. The Kier molecular flexibility index (Phi) is 5.44. The van der Waals surface area contributed by atoms with Crippen LogP contribution in [0.15, 0.2) is 41.8 Å². The standard InChI is InChI=1S/C14H20N2OS/c1-5-10-18-12-9-7-6-8-11(12)16-13(17)14(2,3)15-4/h5-9,15H,1,10H2,2-4H3,(H,16,17). The van der Waals surface area contributed by atoms with E-state index in [9.17, 15) is 4.79 Å². The molecule has 0 unspecified atom stereocenters. The van der Waals surface area contributed by atoms with Gasteiger partial charge in [-0.2, -0.15) is 0 Å². The quantitative estimate of drug-likeness (QED) is 0.613. The maximum atomic E-state index is 12.1. The van der Waals surface area contributed by atoms with Gasteiger partial charge in [-0.3, -0.25) is 4.79 Å². The summed E-state index contributed by atoms with van der Waals surface area (Å²) >= 11 is 1.65. The van der Waals surface area contributed by atoms with Crippen LogP contribution in [0.2, 0.25) is 0 Å². The van der Waals surface area contributed by atoms with Crippen molar-refractivity contribution in [2.75, 3.05) is 18.1 Å². The van der Waals surface area contributed by atoms with E-state index in [1.807, 2.05) is 44.2 Å². The van der Waals surface area contributed by atoms with Crippen LogP contribution < -0.4 is 10.6 Å². The third kappa shape index (κ3) is 3.89. The number of hydrogen-bond donors (Lipinski definition) is 2. The highest BCUT2D eigenvalue weighted by Crippen LogP contribution is 2.27. The van der Waals surface area contributed by atoms with Gasteiger partial charge in [-0.05, 0) is 33.0 Å². The second kappa shape index (κ2) is 6.61. The van der Waals surface area contributed by atoms with E-state index in [-0.39, 0.29) is 5.91 Å². The zero-order chi connectivity index (χ0) is 13.6. The number of hydrogen-bond acceptors (Lipinski definition) is 3. The Bertz CT molecular complexity index is 430. The van der Waals surface area contributed by atoms with Gasteiger partial charge in [0.05, 0.1) is 11.2 Å². The summed E-state index contributed by atoms with van der Waals surface area (Å²) in [5, 5.41) is 5.94. The molecule has 98 valence electrons. The lowest BCUT2D eigenvalue weighted by Gasteiger charge is -2.23. The molecule has 0 aliphatic heterocycles. The average Bonchev–Trinajstić information content (AvgIpc) is 2.37. The third-order valence-corrected chi connectivity index (χ3v) is 3.75. The molecule has 0 aliphatic carbocycles. The zero-order valence-electron chi connectivity index (χ0n) is 11.1. The molecule has 0 heterocycles. The van der Waals surface area contributed by atoms with Crippen LogP contribution in [0, 0.1) is 0 Å². The molecule has 0 aromatic heterocycles. The van der Waals surface area contributed by atoms with Crippen LogP contribution in [-0.2, 0) is 4.79 Å². The van der Waals surface area contributed by atoms with Crippen molar-refractivity contribution in [3.05, 3.63) is 36.9 Å². The van der Waals surface area contributed by atoms with E-state index in [4.69, 9.17) is 0 Å². The van der Waals surface area contributed by atoms with E-state index in [2.05, 4.69) is 17.2 Å². The predicted molar refractivity (Wildman–Crippen MR) is 79.1 cm³/mol. The molecule has 0 radical (unpaired) electrons. The van der Waals surface area contributed by atoms with E-state index in [1.165, 1.54) is 0 Å². The highest BCUT2D eigenvalue weighted by molar-refractivity contribution is 7.99. The van der Waals surface area contributed by atoms with Gasteiger partial charge in [-0.15, -0.1) is 18.3 Å². The Morgan fingerprint density at radius 1 is 1.44 bits per heavy atom. The number of likely N-dealkylation sites (N-methyl/N-ethyl adjacent to an activating group) is 1. The van der Waals surface area contributed by atoms with Gasteiger partial charge in [0.15, 0.2) is 0 Å². The fourth-order valence-corrected chi connectivity index (χ4v) is 1.98. The molecule has 0 spiro atoms. The lowest BCUT2D eigenvalue weighted by atomic mass is 10.1. The Hall–Kier alpha value is -1.26. The molecule has 0 saturated heterocycles. The molecule has 1 aromatic carbocycles. The summed E-state index contributed by atoms with van der Waals surface area (Å²) in [5.41, 5.74) is 0.258. The van der Waals surface area contributed by atoms with E-state index >= 15 is 0 Å². The fraction of sp³-hybridized carbons (Fsp3) is 0.357. The SMILES string of the molecule is C=CCSc1ccccc1NC(=O)C(C)(C)NC. The number of carbonyl (C=O) groups excluding carboxylic acids is 1. The van der Waals surface area contributed by atoms with Gasteiger partial charge in [-0.25, -0.2) is 0 Å². The molecule has 4 heteroatoms. The molecule has 1 aromatic rings. The number of rotatable bonds is 6. The van der Waals surface area contributed by atoms with Gasteiger partial charge < -0.3 is 10.6 Å². The first-order valence-corrected chi connectivity index (χ1v) is 6.83. The highest BCUT2D eigenvalue weighted by atomic mass is 32.2. The van der Waals surface area contributed by atoms with Gasteiger partial charge in [0.1, 0.15) is 0 Å². The number of nitrogens with one attached hydrogen (secondary N) is 2. The Morgan fingerprint density at radius 3 is 2.72 bits per heavy atom. The van der Waals surface area contributed by atoms with Crippen molar-refractivity contribution in [3.8, 4) is 0 Å². The first-order chi connectivity index (χ1) is 8.51. The number of carbonyl (C=O) groups is 1. The molecule has 0 aliphatic rings. The topological polar surface area (TPSA) is 41.1 Å². The molecule has 0 saturated carbocycles. The van der Waals surface area contributed by atoms with E-state index < -0.39 is 5.54 Å². The smallest absolute Gasteiger partial charge is 0.244 e. The monoisotopic (exact) mass is 264 g/mol. The summed E-state index contributed by atoms with van der Waals surface area (Å²) in [4.78, 5) is 13.1. The molecule has 18 heavy (non-hydrogen) atoms.